The predicted molar refractivity (Wildman–Crippen MR) is 56.3 cm³/mol. The van der Waals surface area contributed by atoms with Gasteiger partial charge in [0, 0.05) is 11.6 Å². The maximum absolute atomic E-state index is 8.97. The Balaban J connectivity index is 3.21. The molecule has 0 radical (unpaired) electrons. The molecule has 0 bridgehead atoms. The SMILES string of the molecule is CC(C)n1ncc(C(C)(C)C#N)c1Cl. The van der Waals surface area contributed by atoms with Crippen LogP contribution in [-0.2, 0) is 5.41 Å². The van der Waals surface area contributed by atoms with E-state index in [1.807, 2.05) is 27.7 Å². The normalized spacial score (nSPS) is 11.8. The molecule has 0 spiro atoms. The van der Waals surface area contributed by atoms with Crippen LogP contribution in [0.15, 0.2) is 6.20 Å². The standard InChI is InChI=1S/C10H14ClN3/c1-7(2)14-9(11)8(5-13-14)10(3,4)6-12/h5,7H,1-4H3. The van der Waals surface area contributed by atoms with Crippen LogP contribution in [0.3, 0.4) is 0 Å². The van der Waals surface area contributed by atoms with Gasteiger partial charge in [0.25, 0.3) is 0 Å². The Labute approximate surface area is 89.3 Å². The third kappa shape index (κ3) is 1.76. The number of hydrogen-bond donors (Lipinski definition) is 0. The van der Waals surface area contributed by atoms with Gasteiger partial charge in [-0.2, -0.15) is 10.4 Å². The summed E-state index contributed by atoms with van der Waals surface area (Å²) in [7, 11) is 0. The van der Waals surface area contributed by atoms with Crippen LogP contribution in [0, 0.1) is 11.3 Å². The number of nitriles is 1. The number of hydrogen-bond acceptors (Lipinski definition) is 2. The van der Waals surface area contributed by atoms with Crippen molar-refractivity contribution in [2.24, 2.45) is 0 Å². The van der Waals surface area contributed by atoms with Crippen LogP contribution in [0.4, 0.5) is 0 Å². The first-order valence-corrected chi connectivity index (χ1v) is 4.92. The second-order valence-corrected chi connectivity index (χ2v) is 4.48. The minimum atomic E-state index is -0.579. The fourth-order valence-electron chi connectivity index (χ4n) is 1.19. The summed E-state index contributed by atoms with van der Waals surface area (Å²) in [6, 6.07) is 2.43. The molecule has 1 aromatic heterocycles. The van der Waals surface area contributed by atoms with Gasteiger partial charge in [-0.3, -0.25) is 4.68 Å². The molecule has 0 aliphatic rings. The lowest BCUT2D eigenvalue weighted by Crippen LogP contribution is -2.14. The van der Waals surface area contributed by atoms with Crippen molar-refractivity contribution in [3.8, 4) is 6.07 Å². The van der Waals surface area contributed by atoms with Gasteiger partial charge in [0.05, 0.1) is 17.7 Å². The lowest BCUT2D eigenvalue weighted by Gasteiger charge is -2.14. The van der Waals surface area contributed by atoms with E-state index in [1.54, 1.807) is 10.9 Å². The molecule has 3 nitrogen and oxygen atoms in total. The lowest BCUT2D eigenvalue weighted by molar-refractivity contribution is 0.531. The molecular weight excluding hydrogens is 198 g/mol. The van der Waals surface area contributed by atoms with Gasteiger partial charge < -0.3 is 0 Å². The van der Waals surface area contributed by atoms with E-state index in [4.69, 9.17) is 16.9 Å². The molecule has 0 saturated heterocycles. The van der Waals surface area contributed by atoms with E-state index in [0.29, 0.717) is 5.15 Å². The highest BCUT2D eigenvalue weighted by molar-refractivity contribution is 6.30. The van der Waals surface area contributed by atoms with Crippen molar-refractivity contribution in [2.45, 2.75) is 39.2 Å². The molecule has 0 aliphatic heterocycles. The van der Waals surface area contributed by atoms with E-state index in [-0.39, 0.29) is 6.04 Å². The maximum Gasteiger partial charge on any atom is 0.132 e. The molecular formula is C10H14ClN3. The van der Waals surface area contributed by atoms with Gasteiger partial charge in [-0.05, 0) is 27.7 Å². The first-order valence-electron chi connectivity index (χ1n) is 4.55. The summed E-state index contributed by atoms with van der Waals surface area (Å²) in [5, 5.41) is 13.7. The second kappa shape index (κ2) is 3.62. The molecule has 14 heavy (non-hydrogen) atoms. The largest absolute Gasteiger partial charge is 0.251 e. The average Bonchev–Trinajstić information content (AvgIpc) is 2.47. The summed E-state index contributed by atoms with van der Waals surface area (Å²) < 4.78 is 1.72. The van der Waals surface area contributed by atoms with Crippen molar-refractivity contribution in [2.75, 3.05) is 0 Å². The topological polar surface area (TPSA) is 41.6 Å². The highest BCUT2D eigenvalue weighted by atomic mass is 35.5. The summed E-state index contributed by atoms with van der Waals surface area (Å²) in [5.41, 5.74) is 0.208. The fourth-order valence-corrected chi connectivity index (χ4v) is 1.71. The number of rotatable bonds is 2. The van der Waals surface area contributed by atoms with Crippen molar-refractivity contribution in [3.63, 3.8) is 0 Å². The van der Waals surface area contributed by atoms with Crippen molar-refractivity contribution >= 4 is 11.6 Å². The van der Waals surface area contributed by atoms with Crippen molar-refractivity contribution < 1.29 is 0 Å². The zero-order valence-corrected chi connectivity index (χ0v) is 9.63. The Morgan fingerprint density at radius 1 is 1.57 bits per heavy atom. The second-order valence-electron chi connectivity index (χ2n) is 4.12. The molecule has 0 fully saturated rings. The van der Waals surface area contributed by atoms with E-state index >= 15 is 0 Å². The first kappa shape index (κ1) is 11.1. The summed E-state index contributed by atoms with van der Waals surface area (Å²) >= 11 is 6.13. The van der Waals surface area contributed by atoms with Crippen molar-refractivity contribution in [1.82, 2.24) is 9.78 Å². The Morgan fingerprint density at radius 2 is 2.14 bits per heavy atom. The lowest BCUT2D eigenvalue weighted by atomic mass is 9.89. The van der Waals surface area contributed by atoms with Gasteiger partial charge in [0.1, 0.15) is 5.15 Å². The van der Waals surface area contributed by atoms with E-state index in [9.17, 15) is 0 Å². The molecule has 0 N–H and O–H groups in total. The van der Waals surface area contributed by atoms with E-state index < -0.39 is 5.41 Å². The molecule has 1 heterocycles. The van der Waals surface area contributed by atoms with E-state index in [0.717, 1.165) is 5.56 Å². The van der Waals surface area contributed by atoms with Crippen LogP contribution in [0.25, 0.3) is 0 Å². The van der Waals surface area contributed by atoms with Crippen LogP contribution in [0.2, 0.25) is 5.15 Å². The highest BCUT2D eigenvalue weighted by Crippen LogP contribution is 2.30. The Morgan fingerprint density at radius 3 is 2.50 bits per heavy atom. The molecule has 76 valence electrons. The Hall–Kier alpha value is -1.01. The quantitative estimate of drug-likeness (QED) is 0.755. The van der Waals surface area contributed by atoms with Crippen LogP contribution in [0.5, 0.6) is 0 Å². The van der Waals surface area contributed by atoms with Gasteiger partial charge in [0.15, 0.2) is 0 Å². The van der Waals surface area contributed by atoms with Gasteiger partial charge in [0.2, 0.25) is 0 Å². The predicted octanol–water partition coefficient (Wildman–Crippen LogP) is 2.92. The summed E-state index contributed by atoms with van der Waals surface area (Å²) in [4.78, 5) is 0. The molecule has 0 aliphatic carbocycles. The third-order valence-electron chi connectivity index (χ3n) is 2.18. The van der Waals surface area contributed by atoms with Crippen LogP contribution < -0.4 is 0 Å². The molecule has 0 amide bonds. The number of halogens is 1. The molecule has 0 aromatic carbocycles. The first-order chi connectivity index (χ1) is 6.40. The molecule has 4 heteroatoms. The van der Waals surface area contributed by atoms with E-state index in [2.05, 4.69) is 11.2 Å². The minimum Gasteiger partial charge on any atom is -0.251 e. The maximum atomic E-state index is 8.97. The molecule has 1 aromatic rings. The summed E-state index contributed by atoms with van der Waals surface area (Å²) in [5.74, 6) is 0. The van der Waals surface area contributed by atoms with Crippen molar-refractivity contribution in [1.29, 1.82) is 5.26 Å². The molecule has 0 saturated carbocycles. The van der Waals surface area contributed by atoms with Gasteiger partial charge in [-0.15, -0.1) is 0 Å². The van der Waals surface area contributed by atoms with Gasteiger partial charge in [-0.1, -0.05) is 11.6 Å². The molecule has 0 unspecified atom stereocenters. The summed E-state index contributed by atoms with van der Waals surface area (Å²) in [6.45, 7) is 7.67. The highest BCUT2D eigenvalue weighted by Gasteiger charge is 2.26. The van der Waals surface area contributed by atoms with Crippen LogP contribution in [-0.4, -0.2) is 9.78 Å². The minimum absolute atomic E-state index is 0.214. The number of nitrogens with zero attached hydrogens (tertiary/aromatic N) is 3. The zero-order chi connectivity index (χ0) is 10.9. The third-order valence-corrected chi connectivity index (χ3v) is 2.55. The van der Waals surface area contributed by atoms with Crippen LogP contribution in [0.1, 0.15) is 39.3 Å². The van der Waals surface area contributed by atoms with Gasteiger partial charge >= 0.3 is 0 Å². The average molecular weight is 212 g/mol. The van der Waals surface area contributed by atoms with Gasteiger partial charge in [-0.25, -0.2) is 0 Å². The Bertz CT molecular complexity index is 371. The zero-order valence-electron chi connectivity index (χ0n) is 8.87. The number of aromatic nitrogens is 2. The monoisotopic (exact) mass is 211 g/mol. The van der Waals surface area contributed by atoms with E-state index in [1.165, 1.54) is 0 Å². The summed E-state index contributed by atoms with van der Waals surface area (Å²) in [6.07, 6.45) is 1.67. The van der Waals surface area contributed by atoms with Crippen molar-refractivity contribution in [3.05, 3.63) is 16.9 Å². The smallest absolute Gasteiger partial charge is 0.132 e. The molecule has 1 rings (SSSR count). The Kier molecular flexibility index (Phi) is 2.86. The van der Waals surface area contributed by atoms with Crippen LogP contribution >= 0.6 is 11.6 Å². The fraction of sp³-hybridized carbons (Fsp3) is 0.600. The molecule has 0 atom stereocenters.